The van der Waals surface area contributed by atoms with E-state index in [0.29, 0.717) is 25.9 Å². The van der Waals surface area contributed by atoms with Gasteiger partial charge in [-0.1, -0.05) is 12.1 Å². The van der Waals surface area contributed by atoms with E-state index in [1.54, 1.807) is 11.8 Å². The summed E-state index contributed by atoms with van der Waals surface area (Å²) in [6.07, 6.45) is 2.35. The fourth-order valence-corrected chi connectivity index (χ4v) is 2.73. The summed E-state index contributed by atoms with van der Waals surface area (Å²) in [6.45, 7) is 0.906. The zero-order chi connectivity index (χ0) is 13.8. The predicted octanol–water partition coefficient (Wildman–Crippen LogP) is 2.98. The van der Waals surface area contributed by atoms with Gasteiger partial charge in [0.1, 0.15) is 0 Å². The molecule has 1 aromatic rings. The quantitative estimate of drug-likeness (QED) is 0.682. The number of amides is 1. The summed E-state index contributed by atoms with van der Waals surface area (Å²) in [5.41, 5.74) is 0.728. The summed E-state index contributed by atoms with van der Waals surface area (Å²) in [4.78, 5) is 25.6. The number of Topliss-reactive ketones (excluding diaryl/α,β-unsaturated/α-hetero) is 1. The smallest absolute Gasteiger partial charge is 0.407 e. The van der Waals surface area contributed by atoms with Gasteiger partial charge in [0, 0.05) is 29.5 Å². The third-order valence-electron chi connectivity index (χ3n) is 3.51. The lowest BCUT2D eigenvalue weighted by molar-refractivity contribution is 0.0821. The number of carbonyl (C=O) groups excluding carboxylic acids is 1. The van der Waals surface area contributed by atoms with Crippen molar-refractivity contribution in [3.8, 4) is 0 Å². The highest BCUT2D eigenvalue weighted by Crippen LogP contribution is 2.23. The fourth-order valence-electron chi connectivity index (χ4n) is 2.32. The maximum absolute atomic E-state index is 12.3. The monoisotopic (exact) mass is 279 g/mol. The molecule has 0 saturated carbocycles. The lowest BCUT2D eigenvalue weighted by atomic mass is 9.89. The second kappa shape index (κ2) is 6.10. The molecule has 0 unspecified atom stereocenters. The van der Waals surface area contributed by atoms with Crippen LogP contribution < -0.4 is 0 Å². The minimum atomic E-state index is -0.893. The van der Waals surface area contributed by atoms with Crippen LogP contribution in [-0.4, -0.2) is 41.2 Å². The molecule has 1 aromatic carbocycles. The van der Waals surface area contributed by atoms with E-state index in [1.165, 1.54) is 4.90 Å². The first-order chi connectivity index (χ1) is 9.11. The van der Waals surface area contributed by atoms with Crippen molar-refractivity contribution in [3.63, 3.8) is 0 Å². The maximum atomic E-state index is 12.3. The molecule has 0 spiro atoms. The Bertz CT molecular complexity index is 464. The number of nitrogens with zero attached hydrogens (tertiary/aromatic N) is 1. The molecule has 0 bridgehead atoms. The van der Waals surface area contributed by atoms with E-state index in [4.69, 9.17) is 5.11 Å². The number of ketones is 1. The molecule has 1 amide bonds. The van der Waals surface area contributed by atoms with Gasteiger partial charge in [-0.05, 0) is 31.2 Å². The molecule has 0 aliphatic carbocycles. The lowest BCUT2D eigenvalue weighted by Crippen LogP contribution is -2.39. The molecule has 1 N–H and O–H groups in total. The number of carbonyl (C=O) groups is 2. The summed E-state index contributed by atoms with van der Waals surface area (Å²) in [5, 5.41) is 8.88. The normalized spacial score (nSPS) is 16.4. The minimum absolute atomic E-state index is 0.0456. The van der Waals surface area contributed by atoms with E-state index >= 15 is 0 Å². The van der Waals surface area contributed by atoms with Gasteiger partial charge in [0.2, 0.25) is 0 Å². The van der Waals surface area contributed by atoms with Gasteiger partial charge in [-0.2, -0.15) is 0 Å². The Morgan fingerprint density at radius 1 is 1.21 bits per heavy atom. The molecular weight excluding hydrogens is 262 g/mol. The Morgan fingerprint density at radius 3 is 2.26 bits per heavy atom. The van der Waals surface area contributed by atoms with Crippen molar-refractivity contribution in [1.82, 2.24) is 4.90 Å². The van der Waals surface area contributed by atoms with Crippen LogP contribution in [0.25, 0.3) is 0 Å². The Balaban J connectivity index is 1.98. The SMILES string of the molecule is CSc1ccc(C(=O)C2CCN(C(=O)O)CC2)cc1. The third-order valence-corrected chi connectivity index (χ3v) is 4.25. The van der Waals surface area contributed by atoms with Crippen molar-refractivity contribution in [2.75, 3.05) is 19.3 Å². The van der Waals surface area contributed by atoms with Gasteiger partial charge in [0.25, 0.3) is 0 Å². The van der Waals surface area contributed by atoms with Crippen LogP contribution in [0.3, 0.4) is 0 Å². The standard InChI is InChI=1S/C14H17NO3S/c1-19-12-4-2-10(3-5-12)13(16)11-6-8-15(9-7-11)14(17)18/h2-5,11H,6-9H2,1H3,(H,17,18). The Labute approximate surface area is 116 Å². The minimum Gasteiger partial charge on any atom is -0.465 e. The van der Waals surface area contributed by atoms with Crippen molar-refractivity contribution in [2.45, 2.75) is 17.7 Å². The first-order valence-electron chi connectivity index (χ1n) is 6.28. The molecular formula is C14H17NO3S. The molecule has 1 fully saturated rings. The highest BCUT2D eigenvalue weighted by molar-refractivity contribution is 7.98. The van der Waals surface area contributed by atoms with Gasteiger partial charge in [0.15, 0.2) is 5.78 Å². The molecule has 0 radical (unpaired) electrons. The van der Waals surface area contributed by atoms with Gasteiger partial charge >= 0.3 is 6.09 Å². The Kier molecular flexibility index (Phi) is 4.47. The lowest BCUT2D eigenvalue weighted by Gasteiger charge is -2.29. The van der Waals surface area contributed by atoms with Crippen molar-refractivity contribution in [2.24, 2.45) is 5.92 Å². The highest BCUT2D eigenvalue weighted by atomic mass is 32.2. The van der Waals surface area contributed by atoms with Gasteiger partial charge in [0.05, 0.1) is 0 Å². The van der Waals surface area contributed by atoms with E-state index in [-0.39, 0.29) is 11.7 Å². The summed E-state index contributed by atoms with van der Waals surface area (Å²) in [7, 11) is 0. The number of benzene rings is 1. The van der Waals surface area contributed by atoms with Crippen LogP contribution in [0.2, 0.25) is 0 Å². The van der Waals surface area contributed by atoms with E-state index < -0.39 is 6.09 Å². The Hall–Kier alpha value is -1.49. The molecule has 1 aliphatic heterocycles. The number of rotatable bonds is 3. The van der Waals surface area contributed by atoms with Gasteiger partial charge in [-0.3, -0.25) is 4.79 Å². The topological polar surface area (TPSA) is 57.6 Å². The van der Waals surface area contributed by atoms with Crippen LogP contribution >= 0.6 is 11.8 Å². The fraction of sp³-hybridized carbons (Fsp3) is 0.429. The van der Waals surface area contributed by atoms with E-state index in [9.17, 15) is 9.59 Å². The first-order valence-corrected chi connectivity index (χ1v) is 7.50. The van der Waals surface area contributed by atoms with E-state index in [0.717, 1.165) is 10.5 Å². The average molecular weight is 279 g/mol. The zero-order valence-corrected chi connectivity index (χ0v) is 11.7. The maximum Gasteiger partial charge on any atom is 0.407 e. The zero-order valence-electron chi connectivity index (χ0n) is 10.8. The molecule has 4 nitrogen and oxygen atoms in total. The second-order valence-corrected chi connectivity index (χ2v) is 5.52. The van der Waals surface area contributed by atoms with E-state index in [1.807, 2.05) is 30.5 Å². The highest BCUT2D eigenvalue weighted by Gasteiger charge is 2.27. The summed E-state index contributed by atoms with van der Waals surface area (Å²) in [6, 6.07) is 7.62. The van der Waals surface area contributed by atoms with Crippen LogP contribution in [0.5, 0.6) is 0 Å². The van der Waals surface area contributed by atoms with Crippen molar-refractivity contribution < 1.29 is 14.7 Å². The number of thioether (sulfide) groups is 1. The average Bonchev–Trinajstić information content (AvgIpc) is 2.46. The van der Waals surface area contributed by atoms with Gasteiger partial charge in [-0.15, -0.1) is 11.8 Å². The molecule has 102 valence electrons. The number of likely N-dealkylation sites (tertiary alicyclic amines) is 1. The van der Waals surface area contributed by atoms with Gasteiger partial charge < -0.3 is 10.0 Å². The predicted molar refractivity (Wildman–Crippen MR) is 74.9 cm³/mol. The van der Waals surface area contributed by atoms with Crippen LogP contribution in [0.15, 0.2) is 29.2 Å². The molecule has 0 aromatic heterocycles. The van der Waals surface area contributed by atoms with Crippen molar-refractivity contribution in [3.05, 3.63) is 29.8 Å². The molecule has 0 atom stereocenters. The van der Waals surface area contributed by atoms with Crippen LogP contribution in [-0.2, 0) is 0 Å². The number of hydrogen-bond donors (Lipinski definition) is 1. The number of hydrogen-bond acceptors (Lipinski definition) is 3. The molecule has 5 heteroatoms. The molecule has 2 rings (SSSR count). The molecule has 19 heavy (non-hydrogen) atoms. The van der Waals surface area contributed by atoms with Gasteiger partial charge in [-0.25, -0.2) is 4.79 Å². The summed E-state index contributed by atoms with van der Waals surface area (Å²) in [5.74, 6) is 0.0911. The number of carboxylic acid groups (broad SMARTS) is 1. The summed E-state index contributed by atoms with van der Waals surface area (Å²) >= 11 is 1.65. The van der Waals surface area contributed by atoms with Crippen LogP contribution in [0, 0.1) is 5.92 Å². The van der Waals surface area contributed by atoms with E-state index in [2.05, 4.69) is 0 Å². The second-order valence-electron chi connectivity index (χ2n) is 4.64. The van der Waals surface area contributed by atoms with Crippen LogP contribution in [0.4, 0.5) is 4.79 Å². The van der Waals surface area contributed by atoms with Crippen LogP contribution in [0.1, 0.15) is 23.2 Å². The molecule has 1 aliphatic rings. The molecule has 1 saturated heterocycles. The largest absolute Gasteiger partial charge is 0.465 e. The first kappa shape index (κ1) is 13.9. The Morgan fingerprint density at radius 2 is 1.79 bits per heavy atom. The third kappa shape index (κ3) is 3.29. The van der Waals surface area contributed by atoms with Crippen molar-refractivity contribution >= 4 is 23.6 Å². The number of piperidine rings is 1. The summed E-state index contributed by atoms with van der Waals surface area (Å²) < 4.78 is 0. The van der Waals surface area contributed by atoms with Crippen molar-refractivity contribution in [1.29, 1.82) is 0 Å². The molecule has 1 heterocycles.